The first-order valence-corrected chi connectivity index (χ1v) is 5.73. The van der Waals surface area contributed by atoms with E-state index in [-0.39, 0.29) is 0 Å². The van der Waals surface area contributed by atoms with Crippen LogP contribution in [-0.4, -0.2) is 37.8 Å². The van der Waals surface area contributed by atoms with Gasteiger partial charge in [-0.1, -0.05) is 0 Å². The van der Waals surface area contributed by atoms with Crippen molar-refractivity contribution in [3.8, 4) is 0 Å². The quantitative estimate of drug-likeness (QED) is 0.838. The zero-order chi connectivity index (χ0) is 14.2. The largest absolute Gasteiger partial charge is 0.480 e. The van der Waals surface area contributed by atoms with E-state index >= 15 is 0 Å². The standard InChI is InChI=1S/C12H14N4O3/c1-6-9-4-8(5-13-10(9)16(3)15-6)11(17)14-7(2)12(18)19/h4-5,7H,1-3H3,(H,14,17)(H,18,19)/t7-/m0/s1. The molecular weight excluding hydrogens is 248 g/mol. The number of aromatic nitrogens is 3. The average molecular weight is 262 g/mol. The van der Waals surface area contributed by atoms with E-state index in [0.29, 0.717) is 11.2 Å². The monoisotopic (exact) mass is 262 g/mol. The van der Waals surface area contributed by atoms with Crippen LogP contribution < -0.4 is 5.32 Å². The Morgan fingerprint density at radius 1 is 1.47 bits per heavy atom. The molecule has 7 nitrogen and oxygen atoms in total. The maximum Gasteiger partial charge on any atom is 0.325 e. The van der Waals surface area contributed by atoms with Crippen LogP contribution in [0.15, 0.2) is 12.3 Å². The highest BCUT2D eigenvalue weighted by atomic mass is 16.4. The predicted octanol–water partition coefficient (Wildman–Crippen LogP) is 0.480. The molecule has 2 aromatic heterocycles. The molecule has 2 rings (SSSR count). The second-order valence-corrected chi connectivity index (χ2v) is 4.34. The Morgan fingerprint density at radius 3 is 2.79 bits per heavy atom. The molecule has 0 aliphatic rings. The third kappa shape index (κ3) is 2.40. The van der Waals surface area contributed by atoms with Crippen LogP contribution in [0.2, 0.25) is 0 Å². The second kappa shape index (κ2) is 4.68. The zero-order valence-corrected chi connectivity index (χ0v) is 10.8. The Hall–Kier alpha value is -2.44. The number of fused-ring (bicyclic) bond motifs is 1. The number of carboxylic acids is 1. The zero-order valence-electron chi connectivity index (χ0n) is 10.8. The Bertz CT molecular complexity index is 662. The van der Waals surface area contributed by atoms with Crippen LogP contribution in [0, 0.1) is 6.92 Å². The molecule has 2 aromatic rings. The van der Waals surface area contributed by atoms with E-state index in [9.17, 15) is 9.59 Å². The molecule has 19 heavy (non-hydrogen) atoms. The highest BCUT2D eigenvalue weighted by Gasteiger charge is 2.17. The number of amides is 1. The number of carbonyl (C=O) groups excluding carboxylic acids is 1. The third-order valence-corrected chi connectivity index (χ3v) is 2.84. The summed E-state index contributed by atoms with van der Waals surface area (Å²) >= 11 is 0. The number of aliphatic carboxylic acids is 1. The van der Waals surface area contributed by atoms with Crippen LogP contribution in [-0.2, 0) is 11.8 Å². The molecule has 0 saturated heterocycles. The number of pyridine rings is 1. The second-order valence-electron chi connectivity index (χ2n) is 4.34. The molecule has 2 heterocycles. The fraction of sp³-hybridized carbons (Fsp3) is 0.333. The summed E-state index contributed by atoms with van der Waals surface area (Å²) in [4.78, 5) is 26.7. The van der Waals surface area contributed by atoms with Crippen molar-refractivity contribution in [2.24, 2.45) is 7.05 Å². The van der Waals surface area contributed by atoms with Crippen LogP contribution in [0.5, 0.6) is 0 Å². The van der Waals surface area contributed by atoms with Gasteiger partial charge in [0.2, 0.25) is 0 Å². The summed E-state index contributed by atoms with van der Waals surface area (Å²) in [5.41, 5.74) is 1.77. The van der Waals surface area contributed by atoms with Crippen molar-refractivity contribution >= 4 is 22.9 Å². The summed E-state index contributed by atoms with van der Waals surface area (Å²) in [7, 11) is 1.77. The number of carbonyl (C=O) groups is 2. The van der Waals surface area contributed by atoms with E-state index in [2.05, 4.69) is 15.4 Å². The van der Waals surface area contributed by atoms with Crippen molar-refractivity contribution in [2.45, 2.75) is 19.9 Å². The van der Waals surface area contributed by atoms with E-state index in [0.717, 1.165) is 11.1 Å². The van der Waals surface area contributed by atoms with Gasteiger partial charge in [0.25, 0.3) is 5.91 Å². The molecule has 0 bridgehead atoms. The fourth-order valence-corrected chi connectivity index (χ4v) is 1.77. The van der Waals surface area contributed by atoms with Crippen molar-refractivity contribution in [3.63, 3.8) is 0 Å². The Kier molecular flexibility index (Phi) is 3.20. The van der Waals surface area contributed by atoms with Gasteiger partial charge in [-0.25, -0.2) is 4.98 Å². The van der Waals surface area contributed by atoms with E-state index in [1.165, 1.54) is 13.1 Å². The van der Waals surface area contributed by atoms with Crippen LogP contribution in [0.3, 0.4) is 0 Å². The lowest BCUT2D eigenvalue weighted by Gasteiger charge is -2.08. The molecule has 0 unspecified atom stereocenters. The number of aryl methyl sites for hydroxylation is 2. The SMILES string of the molecule is Cc1nn(C)c2ncc(C(=O)N[C@@H](C)C(=O)O)cc12. The van der Waals surface area contributed by atoms with Gasteiger partial charge < -0.3 is 10.4 Å². The lowest BCUT2D eigenvalue weighted by Crippen LogP contribution is -2.38. The van der Waals surface area contributed by atoms with Crippen molar-refractivity contribution in [1.82, 2.24) is 20.1 Å². The molecule has 0 saturated carbocycles. The number of hydrogen-bond donors (Lipinski definition) is 2. The Labute approximate surface area is 109 Å². The summed E-state index contributed by atoms with van der Waals surface area (Å²) in [6, 6.07) is 0.715. The number of hydrogen-bond acceptors (Lipinski definition) is 4. The molecule has 0 radical (unpaired) electrons. The number of nitrogens with zero attached hydrogens (tertiary/aromatic N) is 3. The maximum absolute atomic E-state index is 11.9. The minimum Gasteiger partial charge on any atom is -0.480 e. The minimum absolute atomic E-state index is 0.316. The summed E-state index contributed by atoms with van der Waals surface area (Å²) in [5.74, 6) is -1.55. The lowest BCUT2D eigenvalue weighted by molar-refractivity contribution is -0.138. The van der Waals surface area contributed by atoms with Crippen molar-refractivity contribution in [2.75, 3.05) is 0 Å². The lowest BCUT2D eigenvalue weighted by atomic mass is 10.2. The van der Waals surface area contributed by atoms with Crippen LogP contribution in [0.1, 0.15) is 23.0 Å². The van der Waals surface area contributed by atoms with E-state index in [4.69, 9.17) is 5.11 Å². The van der Waals surface area contributed by atoms with Gasteiger partial charge in [0, 0.05) is 18.6 Å². The summed E-state index contributed by atoms with van der Waals surface area (Å²) in [5, 5.41) is 16.1. The number of carboxylic acid groups (broad SMARTS) is 1. The molecule has 7 heteroatoms. The highest BCUT2D eigenvalue weighted by molar-refractivity contribution is 5.98. The van der Waals surface area contributed by atoms with Gasteiger partial charge in [-0.15, -0.1) is 0 Å². The van der Waals surface area contributed by atoms with E-state index < -0.39 is 17.9 Å². The highest BCUT2D eigenvalue weighted by Crippen LogP contribution is 2.16. The normalized spacial score (nSPS) is 12.4. The van der Waals surface area contributed by atoms with Crippen LogP contribution >= 0.6 is 0 Å². The van der Waals surface area contributed by atoms with E-state index in [1.807, 2.05) is 6.92 Å². The molecule has 0 aliphatic heterocycles. The first kappa shape index (κ1) is 13.0. The van der Waals surface area contributed by atoms with E-state index in [1.54, 1.807) is 17.8 Å². The minimum atomic E-state index is -1.08. The van der Waals surface area contributed by atoms with Crippen LogP contribution in [0.25, 0.3) is 11.0 Å². The Balaban J connectivity index is 2.33. The van der Waals surface area contributed by atoms with Gasteiger partial charge in [0.15, 0.2) is 5.65 Å². The molecule has 0 aliphatic carbocycles. The third-order valence-electron chi connectivity index (χ3n) is 2.84. The van der Waals surface area contributed by atoms with Gasteiger partial charge in [-0.05, 0) is 19.9 Å². The molecular formula is C12H14N4O3. The molecule has 1 amide bonds. The van der Waals surface area contributed by atoms with Crippen molar-refractivity contribution in [1.29, 1.82) is 0 Å². The fourth-order valence-electron chi connectivity index (χ4n) is 1.77. The van der Waals surface area contributed by atoms with Gasteiger partial charge in [-0.2, -0.15) is 5.10 Å². The Morgan fingerprint density at radius 2 is 2.16 bits per heavy atom. The first-order chi connectivity index (χ1) is 8.90. The summed E-state index contributed by atoms with van der Waals surface area (Å²) < 4.78 is 1.63. The van der Waals surface area contributed by atoms with Gasteiger partial charge in [0.1, 0.15) is 6.04 Å². The maximum atomic E-state index is 11.9. The molecule has 0 spiro atoms. The topological polar surface area (TPSA) is 97.1 Å². The predicted molar refractivity (Wildman–Crippen MR) is 67.8 cm³/mol. The number of rotatable bonds is 3. The first-order valence-electron chi connectivity index (χ1n) is 5.73. The molecule has 2 N–H and O–H groups in total. The summed E-state index contributed by atoms with van der Waals surface area (Å²) in [6.07, 6.45) is 1.41. The molecule has 1 atom stereocenters. The van der Waals surface area contributed by atoms with Crippen molar-refractivity contribution in [3.05, 3.63) is 23.5 Å². The molecule has 0 fully saturated rings. The average Bonchev–Trinajstić information content (AvgIpc) is 2.64. The summed E-state index contributed by atoms with van der Waals surface area (Å²) in [6.45, 7) is 3.23. The smallest absolute Gasteiger partial charge is 0.325 e. The molecule has 0 aromatic carbocycles. The van der Waals surface area contributed by atoms with Gasteiger partial charge >= 0.3 is 5.97 Å². The van der Waals surface area contributed by atoms with Gasteiger partial charge in [0.05, 0.1) is 11.3 Å². The number of nitrogens with one attached hydrogen (secondary N) is 1. The van der Waals surface area contributed by atoms with Crippen LogP contribution in [0.4, 0.5) is 0 Å². The van der Waals surface area contributed by atoms with Crippen molar-refractivity contribution < 1.29 is 14.7 Å². The van der Waals surface area contributed by atoms with Gasteiger partial charge in [-0.3, -0.25) is 14.3 Å². The molecule has 100 valence electrons.